The van der Waals surface area contributed by atoms with E-state index in [2.05, 4.69) is 23.9 Å². The van der Waals surface area contributed by atoms with Gasteiger partial charge in [-0.15, -0.1) is 0 Å². The molecule has 1 aromatic carbocycles. The van der Waals surface area contributed by atoms with Gasteiger partial charge < -0.3 is 11.1 Å². The van der Waals surface area contributed by atoms with Crippen molar-refractivity contribution in [3.05, 3.63) is 18.2 Å². The number of hydrogen-bond acceptors (Lipinski definition) is 4. The Morgan fingerprint density at radius 1 is 1.28 bits per heavy atom. The molecule has 0 saturated heterocycles. The SMILES string of the molecule is CCC(CC)Nc1cc(S(=O)(=O)NC)ccc1N. The lowest BCUT2D eigenvalue weighted by atomic mass is 10.1. The molecule has 0 aliphatic heterocycles. The van der Waals surface area contributed by atoms with Crippen LogP contribution in [0.4, 0.5) is 11.4 Å². The van der Waals surface area contributed by atoms with Gasteiger partial charge in [0.2, 0.25) is 10.0 Å². The summed E-state index contributed by atoms with van der Waals surface area (Å²) in [7, 11) is -2.04. The topological polar surface area (TPSA) is 84.2 Å². The van der Waals surface area contributed by atoms with Crippen molar-refractivity contribution in [2.24, 2.45) is 0 Å². The smallest absolute Gasteiger partial charge is 0.240 e. The van der Waals surface area contributed by atoms with E-state index >= 15 is 0 Å². The van der Waals surface area contributed by atoms with Crippen molar-refractivity contribution in [1.29, 1.82) is 0 Å². The van der Waals surface area contributed by atoms with E-state index in [-0.39, 0.29) is 4.90 Å². The van der Waals surface area contributed by atoms with Crippen LogP contribution >= 0.6 is 0 Å². The van der Waals surface area contributed by atoms with Crippen LogP contribution in [0.2, 0.25) is 0 Å². The zero-order valence-electron chi connectivity index (χ0n) is 11.0. The van der Waals surface area contributed by atoms with E-state index < -0.39 is 10.0 Å². The molecule has 0 heterocycles. The molecule has 0 fully saturated rings. The molecule has 0 spiro atoms. The van der Waals surface area contributed by atoms with Crippen LogP contribution in [-0.4, -0.2) is 21.5 Å². The first kappa shape index (κ1) is 14.8. The summed E-state index contributed by atoms with van der Waals surface area (Å²) in [4.78, 5) is 0.215. The first-order valence-electron chi connectivity index (χ1n) is 6.04. The molecular weight excluding hydrogens is 250 g/mol. The molecule has 6 heteroatoms. The molecule has 0 saturated carbocycles. The number of nitrogen functional groups attached to an aromatic ring is 1. The number of rotatable bonds is 6. The molecule has 1 rings (SSSR count). The Morgan fingerprint density at radius 3 is 2.39 bits per heavy atom. The molecule has 0 radical (unpaired) electrons. The van der Waals surface area contributed by atoms with Crippen molar-refractivity contribution in [3.8, 4) is 0 Å². The first-order chi connectivity index (χ1) is 8.44. The number of benzene rings is 1. The zero-order chi connectivity index (χ0) is 13.8. The standard InChI is InChI=1S/C12H21N3O2S/c1-4-9(5-2)15-12-8-10(6-7-11(12)13)18(16,17)14-3/h6-9,14-15H,4-5,13H2,1-3H3. The third kappa shape index (κ3) is 3.36. The average Bonchev–Trinajstić information content (AvgIpc) is 2.37. The molecule has 0 aliphatic carbocycles. The lowest BCUT2D eigenvalue weighted by Gasteiger charge is -2.18. The Morgan fingerprint density at radius 2 is 1.89 bits per heavy atom. The minimum Gasteiger partial charge on any atom is -0.397 e. The quantitative estimate of drug-likeness (QED) is 0.689. The molecule has 4 N–H and O–H groups in total. The van der Waals surface area contributed by atoms with Gasteiger partial charge in [0.15, 0.2) is 0 Å². The predicted octanol–water partition coefficient (Wildman–Crippen LogP) is 1.78. The number of anilines is 2. The van der Waals surface area contributed by atoms with E-state index in [1.165, 1.54) is 13.1 Å². The Hall–Kier alpha value is -1.27. The molecule has 5 nitrogen and oxygen atoms in total. The Bertz CT molecular complexity index is 496. The normalized spacial score (nSPS) is 11.8. The number of sulfonamides is 1. The third-order valence-corrected chi connectivity index (χ3v) is 4.36. The van der Waals surface area contributed by atoms with Gasteiger partial charge in [0.1, 0.15) is 0 Å². The first-order valence-corrected chi connectivity index (χ1v) is 7.52. The van der Waals surface area contributed by atoms with Crippen molar-refractivity contribution in [2.45, 2.75) is 37.6 Å². The summed E-state index contributed by atoms with van der Waals surface area (Å²) in [6.45, 7) is 4.15. The van der Waals surface area contributed by atoms with Gasteiger partial charge in [-0.2, -0.15) is 0 Å². The lowest BCUT2D eigenvalue weighted by Crippen LogP contribution is -2.21. The molecule has 0 bridgehead atoms. The van der Waals surface area contributed by atoms with Gasteiger partial charge in [0, 0.05) is 6.04 Å². The van der Waals surface area contributed by atoms with Crippen LogP contribution in [0.15, 0.2) is 23.1 Å². The van der Waals surface area contributed by atoms with E-state index in [9.17, 15) is 8.42 Å². The van der Waals surface area contributed by atoms with Gasteiger partial charge in [-0.25, -0.2) is 13.1 Å². The molecule has 102 valence electrons. The van der Waals surface area contributed by atoms with E-state index in [0.717, 1.165) is 12.8 Å². The molecule has 18 heavy (non-hydrogen) atoms. The molecule has 0 unspecified atom stereocenters. The van der Waals surface area contributed by atoms with Gasteiger partial charge in [-0.05, 0) is 38.1 Å². The average molecular weight is 271 g/mol. The fraction of sp³-hybridized carbons (Fsp3) is 0.500. The number of nitrogens with two attached hydrogens (primary N) is 1. The summed E-state index contributed by atoms with van der Waals surface area (Å²) in [5, 5.41) is 3.27. The largest absolute Gasteiger partial charge is 0.397 e. The van der Waals surface area contributed by atoms with Crippen molar-refractivity contribution in [3.63, 3.8) is 0 Å². The van der Waals surface area contributed by atoms with E-state index in [1.54, 1.807) is 12.1 Å². The molecule has 0 amide bonds. The van der Waals surface area contributed by atoms with Crippen LogP contribution in [0.25, 0.3) is 0 Å². The van der Waals surface area contributed by atoms with Crippen molar-refractivity contribution >= 4 is 21.4 Å². The highest BCUT2D eigenvalue weighted by molar-refractivity contribution is 7.89. The van der Waals surface area contributed by atoms with Crippen LogP contribution in [0.1, 0.15) is 26.7 Å². The fourth-order valence-corrected chi connectivity index (χ4v) is 2.41. The Labute approximate surface area is 109 Å². The summed E-state index contributed by atoms with van der Waals surface area (Å²) in [5.74, 6) is 0. The molecule has 0 atom stereocenters. The Kier molecular flexibility index (Phi) is 4.98. The van der Waals surface area contributed by atoms with Gasteiger partial charge in [0.05, 0.1) is 16.3 Å². The number of hydrogen-bond donors (Lipinski definition) is 3. The van der Waals surface area contributed by atoms with Crippen LogP contribution in [0, 0.1) is 0 Å². The summed E-state index contributed by atoms with van der Waals surface area (Å²) < 4.78 is 25.7. The summed E-state index contributed by atoms with van der Waals surface area (Å²) >= 11 is 0. The van der Waals surface area contributed by atoms with Gasteiger partial charge in [-0.3, -0.25) is 0 Å². The highest BCUT2D eigenvalue weighted by Crippen LogP contribution is 2.24. The summed E-state index contributed by atoms with van der Waals surface area (Å²) in [6.07, 6.45) is 1.91. The lowest BCUT2D eigenvalue weighted by molar-refractivity contribution is 0.588. The third-order valence-electron chi connectivity index (χ3n) is 2.95. The van der Waals surface area contributed by atoms with Crippen LogP contribution < -0.4 is 15.8 Å². The van der Waals surface area contributed by atoms with Crippen molar-refractivity contribution < 1.29 is 8.42 Å². The summed E-state index contributed by atoms with van der Waals surface area (Å²) in [6, 6.07) is 4.97. The minimum absolute atomic E-state index is 0.215. The van der Waals surface area contributed by atoms with Crippen LogP contribution in [0.5, 0.6) is 0 Å². The van der Waals surface area contributed by atoms with Crippen molar-refractivity contribution in [2.75, 3.05) is 18.1 Å². The monoisotopic (exact) mass is 271 g/mol. The van der Waals surface area contributed by atoms with Gasteiger partial charge >= 0.3 is 0 Å². The summed E-state index contributed by atoms with van der Waals surface area (Å²) in [5.41, 5.74) is 7.07. The maximum atomic E-state index is 11.7. The van der Waals surface area contributed by atoms with E-state index in [4.69, 9.17) is 5.73 Å². The highest BCUT2D eigenvalue weighted by atomic mass is 32.2. The minimum atomic E-state index is -3.43. The Balaban J connectivity index is 3.09. The molecule has 1 aromatic rings. The molecular formula is C12H21N3O2S. The molecule has 0 aliphatic rings. The number of nitrogens with one attached hydrogen (secondary N) is 2. The second-order valence-electron chi connectivity index (χ2n) is 4.11. The predicted molar refractivity (Wildman–Crippen MR) is 75.1 cm³/mol. The highest BCUT2D eigenvalue weighted by Gasteiger charge is 2.14. The van der Waals surface area contributed by atoms with Crippen molar-refractivity contribution in [1.82, 2.24) is 4.72 Å². The second-order valence-corrected chi connectivity index (χ2v) is 6.00. The van der Waals surface area contributed by atoms with Crippen LogP contribution in [-0.2, 0) is 10.0 Å². The van der Waals surface area contributed by atoms with Gasteiger partial charge in [-0.1, -0.05) is 13.8 Å². The van der Waals surface area contributed by atoms with Gasteiger partial charge in [0.25, 0.3) is 0 Å². The fourth-order valence-electron chi connectivity index (χ4n) is 1.66. The second kappa shape index (κ2) is 6.06. The van der Waals surface area contributed by atoms with E-state index in [1.807, 2.05) is 0 Å². The van der Waals surface area contributed by atoms with E-state index in [0.29, 0.717) is 17.4 Å². The maximum absolute atomic E-state index is 11.7. The zero-order valence-corrected chi connectivity index (χ0v) is 11.8. The molecule has 0 aromatic heterocycles. The maximum Gasteiger partial charge on any atom is 0.240 e. The van der Waals surface area contributed by atoms with Crippen LogP contribution in [0.3, 0.4) is 0 Å².